The van der Waals surface area contributed by atoms with Crippen LogP contribution in [-0.2, 0) is 11.3 Å². The smallest absolute Gasteiger partial charge is 0.248 e. The molecule has 2 N–H and O–H groups in total. The summed E-state index contributed by atoms with van der Waals surface area (Å²) < 4.78 is 11.0. The Balaban J connectivity index is 1.52. The Hall–Kier alpha value is -1.63. The van der Waals surface area contributed by atoms with Crippen molar-refractivity contribution in [2.45, 2.75) is 70.6 Å². The third-order valence-electron chi connectivity index (χ3n) is 4.00. The van der Waals surface area contributed by atoms with Crippen molar-refractivity contribution < 1.29 is 9.26 Å². The first-order valence-corrected chi connectivity index (χ1v) is 8.69. The van der Waals surface area contributed by atoms with Gasteiger partial charge in [0.25, 0.3) is 0 Å². The number of ether oxygens (including phenoxy) is 1. The second kappa shape index (κ2) is 7.77. The van der Waals surface area contributed by atoms with Crippen LogP contribution in [0.1, 0.15) is 63.6 Å². The summed E-state index contributed by atoms with van der Waals surface area (Å²) >= 11 is 0. The van der Waals surface area contributed by atoms with Gasteiger partial charge in [-0.05, 0) is 46.0 Å². The number of aliphatic imine (C=N–C) groups is 1. The molecule has 1 aromatic heterocycles. The van der Waals surface area contributed by atoms with Crippen molar-refractivity contribution >= 4 is 5.96 Å². The lowest BCUT2D eigenvalue weighted by Gasteiger charge is -2.24. The monoisotopic (exact) mass is 321 g/mol. The molecule has 3 rings (SSSR count). The van der Waals surface area contributed by atoms with Gasteiger partial charge in [-0.3, -0.25) is 0 Å². The van der Waals surface area contributed by atoms with Gasteiger partial charge in [-0.25, -0.2) is 4.99 Å². The second-order valence-electron chi connectivity index (χ2n) is 6.65. The van der Waals surface area contributed by atoms with Crippen LogP contribution in [0.3, 0.4) is 0 Å². The van der Waals surface area contributed by atoms with Crippen LogP contribution in [0.5, 0.6) is 0 Å². The number of guanidine groups is 1. The van der Waals surface area contributed by atoms with Gasteiger partial charge in [0.2, 0.25) is 5.89 Å². The summed E-state index contributed by atoms with van der Waals surface area (Å²) in [7, 11) is 0. The highest BCUT2D eigenvalue weighted by Crippen LogP contribution is 2.38. The van der Waals surface area contributed by atoms with E-state index in [4.69, 9.17) is 9.26 Å². The van der Waals surface area contributed by atoms with E-state index in [1.54, 1.807) is 0 Å². The van der Waals surface area contributed by atoms with Crippen LogP contribution in [0.4, 0.5) is 0 Å². The lowest BCUT2D eigenvalue weighted by Crippen LogP contribution is -2.45. The molecule has 1 saturated carbocycles. The van der Waals surface area contributed by atoms with E-state index < -0.39 is 0 Å². The largest absolute Gasteiger partial charge is 0.376 e. The van der Waals surface area contributed by atoms with Crippen LogP contribution >= 0.6 is 0 Å². The molecule has 7 nitrogen and oxygen atoms in total. The Kier molecular flexibility index (Phi) is 5.48. The lowest BCUT2D eigenvalue weighted by atomic mass is 10.1. The van der Waals surface area contributed by atoms with E-state index in [0.29, 0.717) is 24.4 Å². The summed E-state index contributed by atoms with van der Waals surface area (Å²) in [5.74, 6) is 2.68. The standard InChI is InChI=1S/C16H27N5O2/c1-11(2)19-16(17-9-13-5-3-4-8-22-13)18-10-14-20-15(21-23-14)12-6-7-12/h11-13H,3-10H2,1-2H3,(H2,17,18,19). The van der Waals surface area contributed by atoms with Crippen LogP contribution < -0.4 is 10.6 Å². The van der Waals surface area contributed by atoms with Crippen LogP contribution in [-0.4, -0.2) is 41.4 Å². The number of rotatable bonds is 6. The molecule has 23 heavy (non-hydrogen) atoms. The minimum atomic E-state index is 0.271. The maximum atomic E-state index is 5.75. The maximum Gasteiger partial charge on any atom is 0.248 e. The topological polar surface area (TPSA) is 84.6 Å². The zero-order valence-electron chi connectivity index (χ0n) is 14.0. The highest BCUT2D eigenvalue weighted by molar-refractivity contribution is 5.80. The van der Waals surface area contributed by atoms with Gasteiger partial charge in [-0.1, -0.05) is 5.16 Å². The van der Waals surface area contributed by atoms with E-state index in [0.717, 1.165) is 31.4 Å². The number of nitrogens with zero attached hydrogens (tertiary/aromatic N) is 3. The zero-order chi connectivity index (χ0) is 16.1. The third kappa shape index (κ3) is 5.20. The maximum absolute atomic E-state index is 5.75. The number of hydrogen-bond acceptors (Lipinski definition) is 5. The van der Waals surface area contributed by atoms with Gasteiger partial charge in [0.1, 0.15) is 6.54 Å². The Morgan fingerprint density at radius 1 is 1.30 bits per heavy atom. The van der Waals surface area contributed by atoms with Crippen LogP contribution in [0.15, 0.2) is 9.52 Å². The zero-order valence-corrected chi connectivity index (χ0v) is 14.0. The molecular formula is C16H27N5O2. The highest BCUT2D eigenvalue weighted by Gasteiger charge is 2.28. The Morgan fingerprint density at radius 2 is 2.17 bits per heavy atom. The molecule has 0 aromatic carbocycles. The summed E-state index contributed by atoms with van der Waals surface area (Å²) in [5, 5.41) is 10.7. The fourth-order valence-electron chi connectivity index (χ4n) is 2.59. The lowest BCUT2D eigenvalue weighted by molar-refractivity contribution is 0.0194. The molecule has 1 unspecified atom stereocenters. The van der Waals surface area contributed by atoms with E-state index in [1.165, 1.54) is 25.7 Å². The SMILES string of the molecule is CC(C)NC(=NCc1nc(C2CC2)no1)NCC1CCCCO1. The van der Waals surface area contributed by atoms with Gasteiger partial charge in [0.15, 0.2) is 11.8 Å². The van der Waals surface area contributed by atoms with Gasteiger partial charge in [-0.2, -0.15) is 4.98 Å². The molecule has 2 aliphatic rings. The average molecular weight is 321 g/mol. The molecule has 1 aliphatic heterocycles. The van der Waals surface area contributed by atoms with Gasteiger partial charge in [0, 0.05) is 25.1 Å². The van der Waals surface area contributed by atoms with Crippen molar-refractivity contribution in [3.05, 3.63) is 11.7 Å². The molecule has 128 valence electrons. The Morgan fingerprint density at radius 3 is 2.87 bits per heavy atom. The predicted molar refractivity (Wildman–Crippen MR) is 87.3 cm³/mol. The normalized spacial score (nSPS) is 22.4. The van der Waals surface area contributed by atoms with Crippen molar-refractivity contribution in [1.29, 1.82) is 0 Å². The molecule has 1 aliphatic carbocycles. The molecule has 0 spiro atoms. The highest BCUT2D eigenvalue weighted by atomic mass is 16.5. The van der Waals surface area contributed by atoms with E-state index in [1.807, 2.05) is 0 Å². The van der Waals surface area contributed by atoms with Crippen molar-refractivity contribution in [1.82, 2.24) is 20.8 Å². The van der Waals surface area contributed by atoms with Gasteiger partial charge < -0.3 is 19.9 Å². The fraction of sp³-hybridized carbons (Fsp3) is 0.812. The van der Waals surface area contributed by atoms with E-state index in [-0.39, 0.29) is 6.10 Å². The van der Waals surface area contributed by atoms with E-state index in [2.05, 4.69) is 39.6 Å². The molecule has 2 fully saturated rings. The summed E-state index contributed by atoms with van der Waals surface area (Å²) in [6.07, 6.45) is 6.13. The van der Waals surface area contributed by atoms with Gasteiger partial charge >= 0.3 is 0 Å². The molecular weight excluding hydrogens is 294 g/mol. The number of aromatic nitrogens is 2. The third-order valence-corrected chi connectivity index (χ3v) is 4.00. The molecule has 0 radical (unpaired) electrons. The van der Waals surface area contributed by atoms with Crippen molar-refractivity contribution in [2.24, 2.45) is 4.99 Å². The summed E-state index contributed by atoms with van der Waals surface area (Å²) in [6.45, 7) is 6.21. The van der Waals surface area contributed by atoms with Crippen molar-refractivity contribution in [2.75, 3.05) is 13.2 Å². The summed E-state index contributed by atoms with van der Waals surface area (Å²) in [6, 6.07) is 0.304. The van der Waals surface area contributed by atoms with Crippen LogP contribution in [0.2, 0.25) is 0 Å². The van der Waals surface area contributed by atoms with Gasteiger partial charge in [0.05, 0.1) is 6.10 Å². The fourth-order valence-corrected chi connectivity index (χ4v) is 2.59. The molecule has 2 heterocycles. The van der Waals surface area contributed by atoms with Crippen molar-refractivity contribution in [3.63, 3.8) is 0 Å². The first kappa shape index (κ1) is 16.2. The van der Waals surface area contributed by atoms with Gasteiger partial charge in [-0.15, -0.1) is 0 Å². The molecule has 1 saturated heterocycles. The molecule has 0 bridgehead atoms. The average Bonchev–Trinajstić information content (AvgIpc) is 3.29. The Labute approximate surface area is 137 Å². The molecule has 0 amide bonds. The van der Waals surface area contributed by atoms with E-state index in [9.17, 15) is 0 Å². The molecule has 7 heteroatoms. The minimum Gasteiger partial charge on any atom is -0.376 e. The van der Waals surface area contributed by atoms with Crippen LogP contribution in [0.25, 0.3) is 0 Å². The predicted octanol–water partition coefficient (Wildman–Crippen LogP) is 1.96. The quantitative estimate of drug-likeness (QED) is 0.615. The molecule has 1 atom stereocenters. The minimum absolute atomic E-state index is 0.271. The molecule has 1 aromatic rings. The first-order valence-electron chi connectivity index (χ1n) is 8.69. The van der Waals surface area contributed by atoms with E-state index >= 15 is 0 Å². The first-order chi connectivity index (χ1) is 11.2. The van der Waals surface area contributed by atoms with Crippen LogP contribution in [0, 0.1) is 0 Å². The number of hydrogen-bond donors (Lipinski definition) is 2. The summed E-state index contributed by atoms with van der Waals surface area (Å²) in [5.41, 5.74) is 0. The summed E-state index contributed by atoms with van der Waals surface area (Å²) in [4.78, 5) is 8.96. The second-order valence-corrected chi connectivity index (χ2v) is 6.65. The number of nitrogens with one attached hydrogen (secondary N) is 2. The van der Waals surface area contributed by atoms with Crippen molar-refractivity contribution in [3.8, 4) is 0 Å². The Bertz CT molecular complexity index is 518.